The molecule has 2 aromatic rings. The number of rotatable bonds is 5. The molecule has 0 unspecified atom stereocenters. The Bertz CT molecular complexity index is 708. The number of aromatic hydroxyl groups is 1. The molecule has 2 rings (SSSR count). The quantitative estimate of drug-likeness (QED) is 0.391. The molecule has 0 aliphatic rings. The first kappa shape index (κ1) is 21.4. The monoisotopic (exact) mass is 475 g/mol. The van der Waals surface area contributed by atoms with Gasteiger partial charge in [-0.3, -0.25) is 4.99 Å². The van der Waals surface area contributed by atoms with Gasteiger partial charge in [0.1, 0.15) is 11.5 Å². The maximum Gasteiger partial charge on any atom is 0.193 e. The molecule has 0 aliphatic heterocycles. The van der Waals surface area contributed by atoms with Crippen molar-refractivity contribution in [3.63, 3.8) is 0 Å². The van der Waals surface area contributed by atoms with E-state index in [-0.39, 0.29) is 29.7 Å². The average Bonchev–Trinajstić information content (AvgIpc) is 2.59. The van der Waals surface area contributed by atoms with Crippen molar-refractivity contribution in [2.75, 3.05) is 21.2 Å². The zero-order valence-electron chi connectivity index (χ0n) is 14.5. The highest BCUT2D eigenvalue weighted by molar-refractivity contribution is 14.0. The molecule has 0 atom stereocenters. The van der Waals surface area contributed by atoms with Gasteiger partial charge < -0.3 is 20.1 Å². The van der Waals surface area contributed by atoms with Crippen LogP contribution < -0.4 is 10.1 Å². The molecule has 0 aromatic heterocycles. The third-order valence-corrected chi connectivity index (χ3v) is 3.88. The first-order valence-corrected chi connectivity index (χ1v) is 7.93. The number of hydrogen-bond donors (Lipinski definition) is 2. The summed E-state index contributed by atoms with van der Waals surface area (Å²) in [5.41, 5.74) is 1.88. The largest absolute Gasteiger partial charge is 0.508 e. The molecular weight excluding hydrogens is 453 g/mol. The van der Waals surface area contributed by atoms with Gasteiger partial charge in [-0.15, -0.1) is 24.0 Å². The third kappa shape index (κ3) is 6.28. The van der Waals surface area contributed by atoms with E-state index < -0.39 is 0 Å². The molecule has 0 fully saturated rings. The molecular formula is C18H23ClIN3O2. The molecule has 0 aliphatic carbocycles. The number of aliphatic imine (C=N–C) groups is 1. The molecule has 7 heteroatoms. The number of nitrogens with zero attached hydrogens (tertiary/aromatic N) is 2. The van der Waals surface area contributed by atoms with Crippen molar-refractivity contribution < 1.29 is 9.84 Å². The Hall–Kier alpha value is -1.67. The van der Waals surface area contributed by atoms with E-state index in [1.165, 1.54) is 0 Å². The van der Waals surface area contributed by atoms with Crippen LogP contribution in [0.2, 0.25) is 5.02 Å². The van der Waals surface area contributed by atoms with Crippen LogP contribution in [-0.2, 0) is 13.1 Å². The van der Waals surface area contributed by atoms with Gasteiger partial charge in [0.05, 0.1) is 7.11 Å². The van der Waals surface area contributed by atoms with E-state index in [9.17, 15) is 5.11 Å². The van der Waals surface area contributed by atoms with Crippen molar-refractivity contribution in [1.82, 2.24) is 10.2 Å². The normalized spacial score (nSPS) is 10.8. The number of guanidine groups is 1. The average molecular weight is 476 g/mol. The van der Waals surface area contributed by atoms with Gasteiger partial charge in [0, 0.05) is 37.8 Å². The van der Waals surface area contributed by atoms with Crippen LogP contribution in [0.5, 0.6) is 11.5 Å². The number of phenolic OH excluding ortho intramolecular Hbond substituents is 1. The van der Waals surface area contributed by atoms with E-state index >= 15 is 0 Å². The van der Waals surface area contributed by atoms with Gasteiger partial charge in [-0.25, -0.2) is 0 Å². The van der Waals surface area contributed by atoms with Gasteiger partial charge in [-0.1, -0.05) is 23.7 Å². The highest BCUT2D eigenvalue weighted by Crippen LogP contribution is 2.22. The molecule has 25 heavy (non-hydrogen) atoms. The zero-order chi connectivity index (χ0) is 17.5. The maximum absolute atomic E-state index is 9.95. The van der Waals surface area contributed by atoms with Gasteiger partial charge in [-0.2, -0.15) is 0 Å². The van der Waals surface area contributed by atoms with E-state index in [1.807, 2.05) is 36.2 Å². The van der Waals surface area contributed by atoms with Crippen molar-refractivity contribution >= 4 is 41.5 Å². The summed E-state index contributed by atoms with van der Waals surface area (Å²) in [6.45, 7) is 1.14. The van der Waals surface area contributed by atoms with Crippen LogP contribution >= 0.6 is 35.6 Å². The van der Waals surface area contributed by atoms with Gasteiger partial charge in [-0.05, 0) is 35.9 Å². The maximum atomic E-state index is 9.95. The first-order chi connectivity index (χ1) is 11.5. The summed E-state index contributed by atoms with van der Waals surface area (Å²) in [6.07, 6.45) is 0. The van der Waals surface area contributed by atoms with Crippen LogP contribution in [0.4, 0.5) is 0 Å². The van der Waals surface area contributed by atoms with Crippen molar-refractivity contribution in [3.05, 3.63) is 58.6 Å². The topological polar surface area (TPSA) is 57.1 Å². The SMILES string of the molecule is CN=C(NCc1cc(OC)ccc1O)N(C)Cc1ccc(Cl)cc1.I. The Labute approximate surface area is 170 Å². The molecule has 0 bridgehead atoms. The minimum absolute atomic E-state index is 0. The summed E-state index contributed by atoms with van der Waals surface area (Å²) in [5.74, 6) is 1.65. The Morgan fingerprint density at radius 3 is 2.52 bits per heavy atom. The molecule has 5 nitrogen and oxygen atoms in total. The van der Waals surface area contributed by atoms with Crippen LogP contribution in [0.15, 0.2) is 47.5 Å². The minimum atomic E-state index is 0. The van der Waals surface area contributed by atoms with Gasteiger partial charge in [0.25, 0.3) is 0 Å². The number of phenols is 1. The van der Waals surface area contributed by atoms with E-state index in [1.54, 1.807) is 32.4 Å². The molecule has 0 spiro atoms. The van der Waals surface area contributed by atoms with Crippen molar-refractivity contribution in [2.45, 2.75) is 13.1 Å². The Balaban J connectivity index is 0.00000312. The second-order valence-electron chi connectivity index (χ2n) is 5.38. The van der Waals surface area contributed by atoms with E-state index in [4.69, 9.17) is 16.3 Å². The van der Waals surface area contributed by atoms with Crippen LogP contribution in [0.1, 0.15) is 11.1 Å². The van der Waals surface area contributed by atoms with E-state index in [0.717, 1.165) is 22.1 Å². The molecule has 2 aromatic carbocycles. The summed E-state index contributed by atoms with van der Waals surface area (Å²) in [7, 11) is 5.28. The Morgan fingerprint density at radius 1 is 1.24 bits per heavy atom. The fraction of sp³-hybridized carbons (Fsp3) is 0.278. The minimum Gasteiger partial charge on any atom is -0.508 e. The van der Waals surface area contributed by atoms with Crippen LogP contribution in [0.3, 0.4) is 0 Å². The predicted octanol–water partition coefficient (Wildman–Crippen LogP) is 3.88. The number of methoxy groups -OCH3 is 1. The van der Waals surface area contributed by atoms with Crippen molar-refractivity contribution in [3.8, 4) is 11.5 Å². The standard InChI is InChI=1S/C18H22ClN3O2.HI/c1-20-18(22(2)12-13-4-6-15(19)7-5-13)21-11-14-10-16(24-3)8-9-17(14)23;/h4-10,23H,11-12H2,1-3H3,(H,20,21);1H. The summed E-state index contributed by atoms with van der Waals surface area (Å²) < 4.78 is 5.19. The molecule has 2 N–H and O–H groups in total. The molecule has 0 saturated carbocycles. The van der Waals surface area contributed by atoms with Crippen molar-refractivity contribution in [1.29, 1.82) is 0 Å². The Kier molecular flexibility index (Phi) is 8.85. The fourth-order valence-electron chi connectivity index (χ4n) is 2.33. The highest BCUT2D eigenvalue weighted by atomic mass is 127. The zero-order valence-corrected chi connectivity index (χ0v) is 17.6. The first-order valence-electron chi connectivity index (χ1n) is 7.55. The van der Waals surface area contributed by atoms with Crippen LogP contribution in [0, 0.1) is 0 Å². The summed E-state index contributed by atoms with van der Waals surface area (Å²) in [5, 5.41) is 13.9. The van der Waals surface area contributed by atoms with Gasteiger partial charge >= 0.3 is 0 Å². The third-order valence-electron chi connectivity index (χ3n) is 3.63. The summed E-state index contributed by atoms with van der Waals surface area (Å²) in [4.78, 5) is 6.28. The molecule has 0 amide bonds. The number of ether oxygens (including phenoxy) is 1. The van der Waals surface area contributed by atoms with E-state index in [0.29, 0.717) is 18.8 Å². The van der Waals surface area contributed by atoms with E-state index in [2.05, 4.69) is 10.3 Å². The number of halogens is 2. The van der Waals surface area contributed by atoms with Gasteiger partial charge in [0.15, 0.2) is 5.96 Å². The summed E-state index contributed by atoms with van der Waals surface area (Å²) in [6, 6.07) is 12.9. The lowest BCUT2D eigenvalue weighted by molar-refractivity contribution is 0.410. The second kappa shape index (κ2) is 10.4. The fourth-order valence-corrected chi connectivity index (χ4v) is 2.45. The molecule has 136 valence electrons. The lowest BCUT2D eigenvalue weighted by Crippen LogP contribution is -2.38. The summed E-state index contributed by atoms with van der Waals surface area (Å²) >= 11 is 5.91. The molecule has 0 radical (unpaired) electrons. The van der Waals surface area contributed by atoms with Crippen LogP contribution in [-0.4, -0.2) is 37.2 Å². The van der Waals surface area contributed by atoms with Crippen molar-refractivity contribution in [2.24, 2.45) is 4.99 Å². The Morgan fingerprint density at radius 2 is 1.92 bits per heavy atom. The second-order valence-corrected chi connectivity index (χ2v) is 5.81. The molecule has 0 saturated heterocycles. The lowest BCUT2D eigenvalue weighted by atomic mass is 10.2. The number of benzene rings is 2. The number of nitrogens with one attached hydrogen (secondary N) is 1. The van der Waals surface area contributed by atoms with Gasteiger partial charge in [0.2, 0.25) is 0 Å². The number of hydrogen-bond acceptors (Lipinski definition) is 3. The highest BCUT2D eigenvalue weighted by Gasteiger charge is 2.09. The smallest absolute Gasteiger partial charge is 0.193 e. The molecule has 0 heterocycles. The van der Waals surface area contributed by atoms with Crippen LogP contribution in [0.25, 0.3) is 0 Å². The predicted molar refractivity (Wildman–Crippen MR) is 113 cm³/mol. The lowest BCUT2D eigenvalue weighted by Gasteiger charge is -2.22.